The molecule has 0 atom stereocenters. The Hall–Kier alpha value is -1.90. The lowest BCUT2D eigenvalue weighted by atomic mass is 9.62. The lowest BCUT2D eigenvalue weighted by molar-refractivity contribution is 1.14. The first-order chi connectivity index (χ1) is 9.09. The van der Waals surface area contributed by atoms with Crippen LogP contribution in [0.15, 0.2) is 48.5 Å². The first kappa shape index (κ1) is 13.5. The summed E-state index contributed by atoms with van der Waals surface area (Å²) in [7, 11) is 10.5. The van der Waals surface area contributed by atoms with Crippen molar-refractivity contribution in [2.75, 3.05) is 38.0 Å². The first-order valence-corrected chi connectivity index (χ1v) is 6.47. The Balaban J connectivity index is 2.37. The molecule has 0 aliphatic carbocycles. The Kier molecular flexibility index (Phi) is 4.15. The molecular formula is C16H20BN2. The van der Waals surface area contributed by atoms with Crippen LogP contribution in [0.3, 0.4) is 0 Å². The minimum Gasteiger partial charge on any atom is -0.378 e. The van der Waals surface area contributed by atoms with Crippen LogP contribution in [0.2, 0.25) is 0 Å². The SMILES string of the molecule is CN(C)c1ccccc1[B]c1ccccc1N(C)C. The molecule has 0 saturated carbocycles. The molecule has 0 spiro atoms. The van der Waals surface area contributed by atoms with E-state index in [1.54, 1.807) is 0 Å². The highest BCUT2D eigenvalue weighted by molar-refractivity contribution is 6.70. The zero-order valence-corrected chi connectivity index (χ0v) is 12.1. The average molecular weight is 251 g/mol. The molecule has 97 valence electrons. The third kappa shape index (κ3) is 3.11. The van der Waals surface area contributed by atoms with Crippen molar-refractivity contribution in [3.63, 3.8) is 0 Å². The van der Waals surface area contributed by atoms with Crippen LogP contribution in [0.25, 0.3) is 0 Å². The second kappa shape index (κ2) is 5.83. The van der Waals surface area contributed by atoms with Gasteiger partial charge in [-0.15, -0.1) is 0 Å². The maximum absolute atomic E-state index is 2.24. The monoisotopic (exact) mass is 251 g/mol. The van der Waals surface area contributed by atoms with E-state index in [1.165, 1.54) is 22.3 Å². The van der Waals surface area contributed by atoms with Crippen LogP contribution in [0, 0.1) is 0 Å². The molecule has 3 heteroatoms. The number of nitrogens with zero attached hydrogens (tertiary/aromatic N) is 2. The minimum absolute atomic E-state index is 1.23. The number of rotatable bonds is 4. The van der Waals surface area contributed by atoms with Gasteiger partial charge in [-0.25, -0.2) is 0 Å². The zero-order chi connectivity index (χ0) is 13.8. The van der Waals surface area contributed by atoms with Crippen LogP contribution in [0.1, 0.15) is 0 Å². The summed E-state index contributed by atoms with van der Waals surface area (Å²) in [6, 6.07) is 16.9. The molecule has 0 heterocycles. The van der Waals surface area contributed by atoms with E-state index in [-0.39, 0.29) is 0 Å². The maximum Gasteiger partial charge on any atom is 0.196 e. The first-order valence-electron chi connectivity index (χ1n) is 6.47. The molecule has 2 aromatic rings. The van der Waals surface area contributed by atoms with Gasteiger partial charge in [-0.2, -0.15) is 0 Å². The molecule has 1 radical (unpaired) electrons. The summed E-state index contributed by atoms with van der Waals surface area (Å²) < 4.78 is 0. The van der Waals surface area contributed by atoms with E-state index < -0.39 is 0 Å². The number of anilines is 2. The lowest BCUT2D eigenvalue weighted by Gasteiger charge is -2.20. The molecule has 0 amide bonds. The molecule has 0 aliphatic rings. The van der Waals surface area contributed by atoms with Crippen LogP contribution in [-0.2, 0) is 0 Å². The fraction of sp³-hybridized carbons (Fsp3) is 0.250. The fourth-order valence-electron chi connectivity index (χ4n) is 2.20. The third-order valence-corrected chi connectivity index (χ3v) is 3.15. The van der Waals surface area contributed by atoms with E-state index >= 15 is 0 Å². The molecule has 0 unspecified atom stereocenters. The topological polar surface area (TPSA) is 6.48 Å². The summed E-state index contributed by atoms with van der Waals surface area (Å²) >= 11 is 0. The highest BCUT2D eigenvalue weighted by Gasteiger charge is 2.10. The molecule has 0 aromatic heterocycles. The van der Waals surface area contributed by atoms with Crippen molar-refractivity contribution in [3.8, 4) is 0 Å². The molecule has 19 heavy (non-hydrogen) atoms. The molecule has 0 saturated heterocycles. The summed E-state index contributed by atoms with van der Waals surface area (Å²) in [5.74, 6) is 0. The summed E-state index contributed by atoms with van der Waals surface area (Å²) in [6.45, 7) is 0. The zero-order valence-electron chi connectivity index (χ0n) is 12.1. The lowest BCUT2D eigenvalue weighted by Crippen LogP contribution is -2.34. The minimum atomic E-state index is 1.23. The second-order valence-electron chi connectivity index (χ2n) is 5.05. The van der Waals surface area contributed by atoms with E-state index in [0.717, 1.165) is 0 Å². The quantitative estimate of drug-likeness (QED) is 0.759. The average Bonchev–Trinajstić information content (AvgIpc) is 2.39. The van der Waals surface area contributed by atoms with Gasteiger partial charge in [0, 0.05) is 39.6 Å². The van der Waals surface area contributed by atoms with E-state index in [0.29, 0.717) is 0 Å². The van der Waals surface area contributed by atoms with E-state index in [2.05, 4.69) is 93.8 Å². The molecule has 0 aliphatic heterocycles. The van der Waals surface area contributed by atoms with Crippen molar-refractivity contribution in [3.05, 3.63) is 48.5 Å². The van der Waals surface area contributed by atoms with Crippen molar-refractivity contribution in [1.29, 1.82) is 0 Å². The van der Waals surface area contributed by atoms with Gasteiger partial charge in [-0.1, -0.05) is 47.3 Å². The summed E-state index contributed by atoms with van der Waals surface area (Å²) in [4.78, 5) is 4.29. The highest BCUT2D eigenvalue weighted by Crippen LogP contribution is 2.09. The van der Waals surface area contributed by atoms with Gasteiger partial charge in [-0.3, -0.25) is 0 Å². The number of para-hydroxylation sites is 2. The van der Waals surface area contributed by atoms with Gasteiger partial charge in [0.15, 0.2) is 7.28 Å². The third-order valence-electron chi connectivity index (χ3n) is 3.15. The predicted octanol–water partition coefficient (Wildman–Crippen LogP) is 1.47. The van der Waals surface area contributed by atoms with Gasteiger partial charge >= 0.3 is 0 Å². The molecule has 0 bridgehead atoms. The van der Waals surface area contributed by atoms with Gasteiger partial charge in [-0.05, 0) is 12.1 Å². The molecule has 0 fully saturated rings. The summed E-state index contributed by atoms with van der Waals surface area (Å²) in [5, 5.41) is 0. The number of hydrogen-bond donors (Lipinski definition) is 0. The number of benzene rings is 2. The Labute approximate surface area is 116 Å². The Morgan fingerprint density at radius 1 is 0.632 bits per heavy atom. The van der Waals surface area contributed by atoms with E-state index in [1.807, 2.05) is 0 Å². The van der Waals surface area contributed by atoms with E-state index in [9.17, 15) is 0 Å². The van der Waals surface area contributed by atoms with Gasteiger partial charge in [0.05, 0.1) is 0 Å². The largest absolute Gasteiger partial charge is 0.378 e. The van der Waals surface area contributed by atoms with Crippen LogP contribution in [-0.4, -0.2) is 35.5 Å². The van der Waals surface area contributed by atoms with Crippen molar-refractivity contribution in [1.82, 2.24) is 0 Å². The van der Waals surface area contributed by atoms with Gasteiger partial charge < -0.3 is 9.80 Å². The fourth-order valence-corrected chi connectivity index (χ4v) is 2.20. The van der Waals surface area contributed by atoms with Crippen molar-refractivity contribution in [2.45, 2.75) is 0 Å². The number of hydrogen-bond acceptors (Lipinski definition) is 2. The van der Waals surface area contributed by atoms with Crippen molar-refractivity contribution < 1.29 is 0 Å². The summed E-state index contributed by atoms with van der Waals surface area (Å²) in [6.07, 6.45) is 0. The molecule has 2 rings (SSSR count). The Bertz CT molecular complexity index is 500. The van der Waals surface area contributed by atoms with Crippen molar-refractivity contribution >= 4 is 29.6 Å². The van der Waals surface area contributed by atoms with Gasteiger partial charge in [0.25, 0.3) is 0 Å². The van der Waals surface area contributed by atoms with Crippen LogP contribution in [0.4, 0.5) is 11.4 Å². The molecule has 2 aromatic carbocycles. The molecular weight excluding hydrogens is 231 g/mol. The van der Waals surface area contributed by atoms with Crippen LogP contribution >= 0.6 is 0 Å². The summed E-state index contributed by atoms with van der Waals surface area (Å²) in [5.41, 5.74) is 4.94. The van der Waals surface area contributed by atoms with Gasteiger partial charge in [0.1, 0.15) is 0 Å². The second-order valence-corrected chi connectivity index (χ2v) is 5.05. The normalized spacial score (nSPS) is 10.1. The maximum atomic E-state index is 2.24. The Morgan fingerprint density at radius 3 is 1.37 bits per heavy atom. The van der Waals surface area contributed by atoms with Crippen LogP contribution < -0.4 is 20.7 Å². The molecule has 0 N–H and O–H groups in total. The Morgan fingerprint density at radius 2 is 1.00 bits per heavy atom. The van der Waals surface area contributed by atoms with Crippen molar-refractivity contribution in [2.24, 2.45) is 0 Å². The highest BCUT2D eigenvalue weighted by atomic mass is 15.1. The molecule has 2 nitrogen and oxygen atoms in total. The van der Waals surface area contributed by atoms with E-state index in [4.69, 9.17) is 0 Å². The van der Waals surface area contributed by atoms with Crippen LogP contribution in [0.5, 0.6) is 0 Å². The standard InChI is InChI=1S/C16H20BN2/c1-18(2)15-11-7-5-9-13(15)17-14-10-6-8-12-16(14)19(3)4/h5-12H,1-4H3. The smallest absolute Gasteiger partial charge is 0.196 e. The predicted molar refractivity (Wildman–Crippen MR) is 86.6 cm³/mol. The van der Waals surface area contributed by atoms with Gasteiger partial charge in [0.2, 0.25) is 0 Å².